The van der Waals surface area contributed by atoms with Crippen LogP contribution in [0.25, 0.3) is 0 Å². The van der Waals surface area contributed by atoms with Gasteiger partial charge in [0.2, 0.25) is 0 Å². The van der Waals surface area contributed by atoms with Crippen LogP contribution in [0.4, 0.5) is 0 Å². The van der Waals surface area contributed by atoms with Crippen LogP contribution in [0.5, 0.6) is 0 Å². The van der Waals surface area contributed by atoms with Gasteiger partial charge < -0.3 is 6.42 Å². The standard InChI is InChI=1S/C26H41.Y/c1-20-5-7-21(8-6-20)9-10-22-11-15-25(16-12-22)26-17-13-24(14-18-26)19-23-3-2-4-23;/h7,20-26H,2-6,8,11-19H2,1H3;/q-1;. The van der Waals surface area contributed by atoms with Crippen LogP contribution in [-0.2, 0) is 32.7 Å². The topological polar surface area (TPSA) is 0 Å². The average Bonchev–Trinajstić information content (AvgIpc) is 2.65. The maximum absolute atomic E-state index is 3.69. The third-order valence-corrected chi connectivity index (χ3v) is 8.49. The monoisotopic (exact) mass is 442 g/mol. The molecule has 4 aliphatic carbocycles. The quantitative estimate of drug-likeness (QED) is 0.315. The van der Waals surface area contributed by atoms with Gasteiger partial charge in [0.25, 0.3) is 0 Å². The Morgan fingerprint density at radius 1 is 0.704 bits per heavy atom. The predicted octanol–water partition coefficient (Wildman–Crippen LogP) is 7.43. The Morgan fingerprint density at radius 2 is 1.33 bits per heavy atom. The van der Waals surface area contributed by atoms with Crippen LogP contribution < -0.4 is 0 Å². The number of hydrogen-bond donors (Lipinski definition) is 0. The molecule has 0 heterocycles. The third kappa shape index (κ3) is 6.58. The minimum absolute atomic E-state index is 0. The van der Waals surface area contributed by atoms with Crippen LogP contribution in [0.15, 0.2) is 0 Å². The zero-order valence-corrected chi connectivity index (χ0v) is 20.6. The molecular formula is C26H41Y-. The summed E-state index contributed by atoms with van der Waals surface area (Å²) in [6, 6.07) is 0. The van der Waals surface area contributed by atoms with E-state index in [1.54, 1.807) is 44.9 Å². The van der Waals surface area contributed by atoms with Crippen LogP contribution in [0, 0.1) is 59.7 Å². The van der Waals surface area contributed by atoms with E-state index in [0.717, 1.165) is 29.6 Å². The van der Waals surface area contributed by atoms with E-state index in [1.165, 1.54) is 51.4 Å². The van der Waals surface area contributed by atoms with Crippen molar-refractivity contribution in [3.63, 3.8) is 0 Å². The molecule has 4 rings (SSSR count). The molecule has 0 aromatic carbocycles. The van der Waals surface area contributed by atoms with Gasteiger partial charge in [0, 0.05) is 38.6 Å². The van der Waals surface area contributed by atoms with Gasteiger partial charge in [0.1, 0.15) is 0 Å². The summed E-state index contributed by atoms with van der Waals surface area (Å²) >= 11 is 0. The Hall–Kier alpha value is 0.664. The Morgan fingerprint density at radius 3 is 1.89 bits per heavy atom. The molecule has 27 heavy (non-hydrogen) atoms. The molecule has 0 aromatic rings. The largest absolute Gasteiger partial charge is 0.314 e. The second kappa shape index (κ2) is 11.2. The molecule has 0 saturated heterocycles. The van der Waals surface area contributed by atoms with Crippen LogP contribution in [0.2, 0.25) is 0 Å². The molecule has 0 N–H and O–H groups in total. The van der Waals surface area contributed by atoms with Crippen molar-refractivity contribution < 1.29 is 32.7 Å². The molecule has 0 amide bonds. The molecule has 4 aliphatic rings. The molecule has 0 aromatic heterocycles. The molecule has 0 spiro atoms. The van der Waals surface area contributed by atoms with Crippen LogP contribution in [-0.4, -0.2) is 0 Å². The molecule has 4 fully saturated rings. The van der Waals surface area contributed by atoms with Gasteiger partial charge in [-0.2, -0.15) is 6.42 Å². The molecule has 2 atom stereocenters. The summed E-state index contributed by atoms with van der Waals surface area (Å²) in [6.45, 7) is 2.38. The molecule has 1 radical (unpaired) electrons. The number of rotatable bonds is 3. The van der Waals surface area contributed by atoms with Gasteiger partial charge >= 0.3 is 0 Å². The fourth-order valence-corrected chi connectivity index (χ4v) is 6.28. The summed E-state index contributed by atoms with van der Waals surface area (Å²) in [5.41, 5.74) is 0. The normalized spacial score (nSPS) is 40.2. The second-order valence-corrected chi connectivity index (χ2v) is 10.5. The molecule has 0 nitrogen and oxygen atoms in total. The fourth-order valence-electron chi connectivity index (χ4n) is 6.28. The zero-order chi connectivity index (χ0) is 17.8. The number of hydrogen-bond acceptors (Lipinski definition) is 0. The molecule has 2 unspecified atom stereocenters. The Labute approximate surface area is 194 Å². The fraction of sp³-hybridized carbons (Fsp3) is 0.885. The van der Waals surface area contributed by atoms with Gasteiger partial charge in [-0.25, -0.2) is 0 Å². The van der Waals surface area contributed by atoms with Crippen molar-refractivity contribution in [2.75, 3.05) is 0 Å². The Kier molecular flexibility index (Phi) is 9.24. The first kappa shape index (κ1) is 22.4. The predicted molar refractivity (Wildman–Crippen MR) is 111 cm³/mol. The van der Waals surface area contributed by atoms with E-state index in [0.29, 0.717) is 11.8 Å². The van der Waals surface area contributed by atoms with Gasteiger partial charge in [0.15, 0.2) is 0 Å². The zero-order valence-electron chi connectivity index (χ0n) is 17.8. The average molecular weight is 443 g/mol. The molecular weight excluding hydrogens is 401 g/mol. The van der Waals surface area contributed by atoms with E-state index in [4.69, 9.17) is 0 Å². The Balaban J connectivity index is 0.00000210. The van der Waals surface area contributed by atoms with E-state index >= 15 is 0 Å². The first-order valence-electron chi connectivity index (χ1n) is 12.1. The van der Waals surface area contributed by atoms with E-state index in [1.807, 2.05) is 0 Å². The molecule has 4 saturated carbocycles. The van der Waals surface area contributed by atoms with Crippen molar-refractivity contribution in [2.45, 2.75) is 103 Å². The summed E-state index contributed by atoms with van der Waals surface area (Å²) in [7, 11) is 0. The summed E-state index contributed by atoms with van der Waals surface area (Å²) in [5.74, 6) is 13.9. The van der Waals surface area contributed by atoms with Crippen LogP contribution in [0.1, 0.15) is 103 Å². The van der Waals surface area contributed by atoms with E-state index in [2.05, 4.69) is 25.2 Å². The van der Waals surface area contributed by atoms with E-state index in [-0.39, 0.29) is 32.7 Å². The Bertz CT molecular complexity index is 472. The first-order valence-corrected chi connectivity index (χ1v) is 12.1. The maximum Gasteiger partial charge on any atom is 0.0202 e. The minimum Gasteiger partial charge on any atom is -0.314 e. The van der Waals surface area contributed by atoms with Crippen LogP contribution in [0.3, 0.4) is 0 Å². The minimum atomic E-state index is 0. The maximum atomic E-state index is 3.69. The van der Waals surface area contributed by atoms with Gasteiger partial charge in [-0.3, -0.25) is 0 Å². The molecule has 0 aliphatic heterocycles. The summed E-state index contributed by atoms with van der Waals surface area (Å²) in [5, 5.41) is 0. The summed E-state index contributed by atoms with van der Waals surface area (Å²) in [4.78, 5) is 0. The SMILES string of the molecule is CC1C[CH-]C(C#CC2CCC(C3CCC(CC4CCC4)CC3)CC2)CC1.[Y]. The van der Waals surface area contributed by atoms with Gasteiger partial charge in [-0.15, -0.1) is 17.8 Å². The van der Waals surface area contributed by atoms with Crippen molar-refractivity contribution in [3.8, 4) is 11.8 Å². The molecule has 149 valence electrons. The van der Waals surface area contributed by atoms with Crippen molar-refractivity contribution in [1.29, 1.82) is 0 Å². The summed E-state index contributed by atoms with van der Waals surface area (Å²) < 4.78 is 0. The van der Waals surface area contributed by atoms with Gasteiger partial charge in [-0.05, 0) is 68.6 Å². The molecule has 0 bridgehead atoms. The van der Waals surface area contributed by atoms with Crippen molar-refractivity contribution in [2.24, 2.45) is 41.4 Å². The van der Waals surface area contributed by atoms with Crippen molar-refractivity contribution in [3.05, 3.63) is 6.42 Å². The van der Waals surface area contributed by atoms with Gasteiger partial charge in [-0.1, -0.05) is 57.8 Å². The first-order chi connectivity index (χ1) is 12.8. The summed E-state index contributed by atoms with van der Waals surface area (Å²) in [6.07, 6.45) is 24.6. The van der Waals surface area contributed by atoms with Crippen molar-refractivity contribution >= 4 is 0 Å². The smallest absolute Gasteiger partial charge is 0.0202 e. The molecule has 1 heteroatoms. The third-order valence-electron chi connectivity index (χ3n) is 8.49. The van der Waals surface area contributed by atoms with E-state index < -0.39 is 0 Å². The van der Waals surface area contributed by atoms with Crippen LogP contribution >= 0.6 is 0 Å². The van der Waals surface area contributed by atoms with E-state index in [9.17, 15) is 0 Å². The van der Waals surface area contributed by atoms with Crippen molar-refractivity contribution in [1.82, 2.24) is 0 Å². The van der Waals surface area contributed by atoms with Gasteiger partial charge in [0.05, 0.1) is 0 Å². The second-order valence-electron chi connectivity index (χ2n) is 10.5.